The number of rotatable bonds is 7. The number of carbonyl (C=O) groups is 1. The average molecular weight is 401 g/mol. The van der Waals surface area contributed by atoms with Gasteiger partial charge < -0.3 is 9.80 Å². The predicted molar refractivity (Wildman–Crippen MR) is 126 cm³/mol. The summed E-state index contributed by atoms with van der Waals surface area (Å²) >= 11 is 0. The van der Waals surface area contributed by atoms with Crippen molar-refractivity contribution in [2.75, 3.05) is 4.90 Å². The number of hydrogen-bond acceptors (Lipinski definition) is 2. The Morgan fingerprint density at radius 2 is 1.27 bits per heavy atom. The molecule has 0 fully saturated rings. The van der Waals surface area contributed by atoms with Crippen molar-refractivity contribution in [1.82, 2.24) is 4.90 Å². The summed E-state index contributed by atoms with van der Waals surface area (Å²) in [4.78, 5) is 17.8. The fraction of sp³-hybridized carbons (Fsp3) is 0.296. The lowest BCUT2D eigenvalue weighted by atomic mass is 10.0. The Bertz CT molecular complexity index is 971. The van der Waals surface area contributed by atoms with E-state index in [-0.39, 0.29) is 18.0 Å². The summed E-state index contributed by atoms with van der Waals surface area (Å²) in [5.41, 5.74) is 5.17. The van der Waals surface area contributed by atoms with Crippen LogP contribution in [0.5, 0.6) is 0 Å². The van der Waals surface area contributed by atoms with Gasteiger partial charge in [0.1, 0.15) is 0 Å². The zero-order valence-electron chi connectivity index (χ0n) is 18.7. The molecule has 0 heterocycles. The van der Waals surface area contributed by atoms with Crippen LogP contribution in [-0.2, 0) is 6.54 Å². The van der Waals surface area contributed by atoms with Gasteiger partial charge in [0.05, 0.1) is 11.3 Å². The number of hydrogen-bond donors (Lipinski definition) is 0. The molecule has 3 aromatic carbocycles. The monoisotopic (exact) mass is 400 g/mol. The number of benzene rings is 3. The summed E-state index contributed by atoms with van der Waals surface area (Å²) in [5.74, 6) is 0.0715. The molecule has 0 N–H and O–H groups in total. The van der Waals surface area contributed by atoms with Gasteiger partial charge in [0.2, 0.25) is 0 Å². The highest BCUT2D eigenvalue weighted by atomic mass is 16.2. The van der Waals surface area contributed by atoms with E-state index < -0.39 is 0 Å². The van der Waals surface area contributed by atoms with Crippen molar-refractivity contribution in [3.05, 3.63) is 95.6 Å². The lowest BCUT2D eigenvalue weighted by molar-refractivity contribution is 0.0644. The fourth-order valence-corrected chi connectivity index (χ4v) is 4.03. The maximum absolute atomic E-state index is 13.6. The molecule has 0 aromatic heterocycles. The van der Waals surface area contributed by atoms with Crippen LogP contribution in [-0.4, -0.2) is 22.9 Å². The van der Waals surface area contributed by atoms with Crippen LogP contribution in [0.4, 0.5) is 11.4 Å². The van der Waals surface area contributed by atoms with E-state index in [1.165, 1.54) is 11.1 Å². The van der Waals surface area contributed by atoms with Gasteiger partial charge >= 0.3 is 0 Å². The first-order chi connectivity index (χ1) is 14.4. The molecule has 0 atom stereocenters. The maximum atomic E-state index is 13.6. The Morgan fingerprint density at radius 1 is 0.733 bits per heavy atom. The van der Waals surface area contributed by atoms with E-state index in [1.807, 2.05) is 29.2 Å². The van der Waals surface area contributed by atoms with Gasteiger partial charge in [0, 0.05) is 24.3 Å². The fourth-order valence-electron chi connectivity index (χ4n) is 4.03. The Balaban J connectivity index is 2.13. The van der Waals surface area contributed by atoms with Crippen molar-refractivity contribution in [1.29, 1.82) is 0 Å². The molecule has 0 aliphatic heterocycles. The second kappa shape index (κ2) is 9.62. The van der Waals surface area contributed by atoms with E-state index in [0.29, 0.717) is 6.54 Å². The Kier molecular flexibility index (Phi) is 6.94. The van der Waals surface area contributed by atoms with Crippen molar-refractivity contribution >= 4 is 17.3 Å². The van der Waals surface area contributed by atoms with Crippen LogP contribution in [0.15, 0.2) is 78.9 Å². The normalized spacial score (nSPS) is 11.0. The molecular formula is C27H32N2O. The molecule has 3 nitrogen and oxygen atoms in total. The van der Waals surface area contributed by atoms with E-state index in [0.717, 1.165) is 16.9 Å². The Labute approximate surface area is 181 Å². The number of nitrogens with zero attached hydrogens (tertiary/aromatic N) is 2. The second-order valence-corrected chi connectivity index (χ2v) is 8.28. The van der Waals surface area contributed by atoms with Crippen molar-refractivity contribution in [3.8, 4) is 0 Å². The van der Waals surface area contributed by atoms with Crippen molar-refractivity contribution < 1.29 is 4.79 Å². The van der Waals surface area contributed by atoms with Crippen LogP contribution in [0.3, 0.4) is 0 Å². The summed E-state index contributed by atoms with van der Waals surface area (Å²) < 4.78 is 0. The minimum Gasteiger partial charge on any atom is -0.336 e. The molecule has 3 aromatic rings. The average Bonchev–Trinajstić information content (AvgIpc) is 2.73. The molecule has 0 spiro atoms. The van der Waals surface area contributed by atoms with Gasteiger partial charge in [-0.3, -0.25) is 4.79 Å². The minimum absolute atomic E-state index is 0.0715. The van der Waals surface area contributed by atoms with Gasteiger partial charge in [-0.15, -0.1) is 0 Å². The van der Waals surface area contributed by atoms with Crippen LogP contribution < -0.4 is 4.90 Å². The predicted octanol–water partition coefficient (Wildman–Crippen LogP) is 6.59. The zero-order chi connectivity index (χ0) is 21.7. The van der Waals surface area contributed by atoms with E-state index in [1.54, 1.807) is 0 Å². The second-order valence-electron chi connectivity index (χ2n) is 8.28. The Hall–Kier alpha value is -3.07. The van der Waals surface area contributed by atoms with Gasteiger partial charge in [-0.2, -0.15) is 0 Å². The molecule has 0 aliphatic carbocycles. The van der Waals surface area contributed by atoms with Crippen LogP contribution in [0.25, 0.3) is 0 Å². The summed E-state index contributed by atoms with van der Waals surface area (Å²) in [7, 11) is 0. The quantitative estimate of drug-likeness (QED) is 0.446. The first kappa shape index (κ1) is 21.6. The largest absolute Gasteiger partial charge is 0.336 e. The minimum atomic E-state index is 0.0715. The molecule has 0 unspecified atom stereocenters. The van der Waals surface area contributed by atoms with Crippen molar-refractivity contribution in [3.63, 3.8) is 0 Å². The molecular weight excluding hydrogens is 368 g/mol. The summed E-state index contributed by atoms with van der Waals surface area (Å²) in [5, 5.41) is 0. The molecule has 1 amide bonds. The number of aryl methyl sites for hydroxylation is 1. The maximum Gasteiger partial charge on any atom is 0.256 e. The number of para-hydroxylation sites is 2. The van der Waals surface area contributed by atoms with Crippen LogP contribution in [0, 0.1) is 6.92 Å². The standard InChI is InChI=1S/C27H32N2O/c1-20(2)29(21(3)4)27(30)24-16-10-12-18-26(24)28(19-23-14-7-6-8-15-23)25-17-11-9-13-22(25)5/h6-18,20-21H,19H2,1-5H3. The van der Waals surface area contributed by atoms with Crippen LogP contribution in [0.2, 0.25) is 0 Å². The van der Waals surface area contributed by atoms with Crippen molar-refractivity contribution in [2.45, 2.75) is 53.2 Å². The smallest absolute Gasteiger partial charge is 0.256 e. The number of carbonyl (C=O) groups excluding carboxylic acids is 1. The SMILES string of the molecule is Cc1ccccc1N(Cc1ccccc1)c1ccccc1C(=O)N(C(C)C)C(C)C. The highest BCUT2D eigenvalue weighted by molar-refractivity contribution is 6.01. The molecule has 0 radical (unpaired) electrons. The molecule has 156 valence electrons. The summed E-state index contributed by atoms with van der Waals surface area (Å²) in [6.07, 6.45) is 0. The third-order valence-corrected chi connectivity index (χ3v) is 5.36. The number of amides is 1. The molecule has 0 saturated heterocycles. The van der Waals surface area contributed by atoms with E-state index in [4.69, 9.17) is 0 Å². The molecule has 3 heteroatoms. The molecule has 0 aliphatic rings. The topological polar surface area (TPSA) is 23.6 Å². The third-order valence-electron chi connectivity index (χ3n) is 5.36. The highest BCUT2D eigenvalue weighted by Crippen LogP contribution is 2.33. The third kappa shape index (κ3) is 4.73. The van der Waals surface area contributed by atoms with Gasteiger partial charge in [0.15, 0.2) is 0 Å². The zero-order valence-corrected chi connectivity index (χ0v) is 18.7. The van der Waals surface area contributed by atoms with Gasteiger partial charge in [-0.05, 0) is 63.9 Å². The van der Waals surface area contributed by atoms with Crippen LogP contribution in [0.1, 0.15) is 49.2 Å². The van der Waals surface area contributed by atoms with Gasteiger partial charge in [-0.1, -0.05) is 60.7 Å². The lowest BCUT2D eigenvalue weighted by Gasteiger charge is -2.34. The molecule has 0 saturated carbocycles. The number of anilines is 2. The summed E-state index contributed by atoms with van der Waals surface area (Å²) in [6.45, 7) is 11.1. The Morgan fingerprint density at radius 3 is 1.87 bits per heavy atom. The van der Waals surface area contributed by atoms with Gasteiger partial charge in [0.25, 0.3) is 5.91 Å². The molecule has 0 bridgehead atoms. The first-order valence-corrected chi connectivity index (χ1v) is 10.7. The molecule has 3 rings (SSSR count). The highest BCUT2D eigenvalue weighted by Gasteiger charge is 2.26. The van der Waals surface area contributed by atoms with E-state index >= 15 is 0 Å². The van der Waals surface area contributed by atoms with E-state index in [2.05, 4.69) is 94.1 Å². The van der Waals surface area contributed by atoms with Crippen LogP contribution >= 0.6 is 0 Å². The van der Waals surface area contributed by atoms with Gasteiger partial charge in [-0.25, -0.2) is 0 Å². The summed E-state index contributed by atoms with van der Waals surface area (Å²) in [6, 6.07) is 27.0. The van der Waals surface area contributed by atoms with E-state index in [9.17, 15) is 4.79 Å². The van der Waals surface area contributed by atoms with Crippen molar-refractivity contribution in [2.24, 2.45) is 0 Å². The lowest BCUT2D eigenvalue weighted by Crippen LogP contribution is -2.42. The first-order valence-electron chi connectivity index (χ1n) is 10.7. The molecule has 30 heavy (non-hydrogen) atoms.